The highest BCUT2D eigenvalue weighted by atomic mass is 16.5. The van der Waals surface area contributed by atoms with Gasteiger partial charge in [-0.05, 0) is 31.4 Å². The molecule has 3 rings (SSSR count). The predicted octanol–water partition coefficient (Wildman–Crippen LogP) is 2.28. The summed E-state index contributed by atoms with van der Waals surface area (Å²) in [6, 6.07) is 5.89. The summed E-state index contributed by atoms with van der Waals surface area (Å²) in [5.41, 5.74) is 1.91. The fourth-order valence-electron chi connectivity index (χ4n) is 2.74. The minimum atomic E-state index is 0.0903. The molecule has 0 N–H and O–H groups in total. The zero-order valence-corrected chi connectivity index (χ0v) is 11.5. The number of aromatic nitrogens is 2. The van der Waals surface area contributed by atoms with E-state index in [-0.39, 0.29) is 18.4 Å². The SMILES string of the molecule is Cc1cc(CC(=O)N2CCCC2c2cccnc2)on1. The number of likely N-dealkylation sites (tertiary alicyclic amines) is 1. The fraction of sp³-hybridized carbons (Fsp3) is 0.400. The van der Waals surface area contributed by atoms with Gasteiger partial charge in [0.05, 0.1) is 18.2 Å². The van der Waals surface area contributed by atoms with Crippen LogP contribution in [0.15, 0.2) is 35.1 Å². The molecule has 1 aliphatic heterocycles. The van der Waals surface area contributed by atoms with E-state index in [0.29, 0.717) is 5.76 Å². The second-order valence-corrected chi connectivity index (χ2v) is 5.14. The number of carbonyl (C=O) groups excluding carboxylic acids is 1. The minimum absolute atomic E-state index is 0.0903. The van der Waals surface area contributed by atoms with Crippen LogP contribution in [0.5, 0.6) is 0 Å². The third-order valence-electron chi connectivity index (χ3n) is 3.64. The quantitative estimate of drug-likeness (QED) is 0.859. The van der Waals surface area contributed by atoms with Gasteiger partial charge in [-0.2, -0.15) is 0 Å². The van der Waals surface area contributed by atoms with Crippen LogP contribution < -0.4 is 0 Å². The van der Waals surface area contributed by atoms with Gasteiger partial charge < -0.3 is 9.42 Å². The molecule has 0 spiro atoms. The van der Waals surface area contributed by atoms with Gasteiger partial charge in [0.2, 0.25) is 5.91 Å². The van der Waals surface area contributed by atoms with Crippen LogP contribution in [0, 0.1) is 6.92 Å². The second-order valence-electron chi connectivity index (χ2n) is 5.14. The van der Waals surface area contributed by atoms with Crippen LogP contribution in [-0.2, 0) is 11.2 Å². The van der Waals surface area contributed by atoms with Crippen LogP contribution >= 0.6 is 0 Å². The molecule has 0 aromatic carbocycles. The number of carbonyl (C=O) groups is 1. The third-order valence-corrected chi connectivity index (χ3v) is 3.64. The highest BCUT2D eigenvalue weighted by Gasteiger charge is 2.30. The van der Waals surface area contributed by atoms with Gasteiger partial charge in [-0.15, -0.1) is 0 Å². The fourth-order valence-corrected chi connectivity index (χ4v) is 2.74. The number of hydrogen-bond donors (Lipinski definition) is 0. The van der Waals surface area contributed by atoms with Gasteiger partial charge in [-0.1, -0.05) is 11.2 Å². The first-order valence-electron chi connectivity index (χ1n) is 6.85. The lowest BCUT2D eigenvalue weighted by Crippen LogP contribution is -2.31. The molecule has 1 saturated heterocycles. The molecule has 0 radical (unpaired) electrons. The van der Waals surface area contributed by atoms with E-state index in [1.54, 1.807) is 6.20 Å². The molecule has 5 nitrogen and oxygen atoms in total. The summed E-state index contributed by atoms with van der Waals surface area (Å²) in [7, 11) is 0. The first-order chi connectivity index (χ1) is 9.74. The van der Waals surface area contributed by atoms with Crippen molar-refractivity contribution in [3.05, 3.63) is 47.6 Å². The van der Waals surface area contributed by atoms with Crippen LogP contribution in [0.1, 0.15) is 35.9 Å². The number of rotatable bonds is 3. The van der Waals surface area contributed by atoms with E-state index in [4.69, 9.17) is 4.52 Å². The van der Waals surface area contributed by atoms with Crippen LogP contribution in [0.25, 0.3) is 0 Å². The molecule has 1 amide bonds. The summed E-state index contributed by atoms with van der Waals surface area (Å²) in [5.74, 6) is 0.719. The van der Waals surface area contributed by atoms with Gasteiger partial charge in [0.15, 0.2) is 0 Å². The highest BCUT2D eigenvalue weighted by Crippen LogP contribution is 2.31. The molecule has 0 aliphatic carbocycles. The van der Waals surface area contributed by atoms with Crippen molar-refractivity contribution in [2.45, 2.75) is 32.2 Å². The van der Waals surface area contributed by atoms with Crippen LogP contribution in [0.2, 0.25) is 0 Å². The zero-order valence-electron chi connectivity index (χ0n) is 11.5. The second kappa shape index (κ2) is 5.45. The topological polar surface area (TPSA) is 59.2 Å². The van der Waals surface area contributed by atoms with Crippen molar-refractivity contribution < 1.29 is 9.32 Å². The van der Waals surface area contributed by atoms with E-state index in [1.165, 1.54) is 0 Å². The molecule has 1 unspecified atom stereocenters. The molecular weight excluding hydrogens is 254 g/mol. The minimum Gasteiger partial charge on any atom is -0.361 e. The van der Waals surface area contributed by atoms with E-state index in [1.807, 2.05) is 36.2 Å². The van der Waals surface area contributed by atoms with Gasteiger partial charge in [0.25, 0.3) is 0 Å². The summed E-state index contributed by atoms with van der Waals surface area (Å²) < 4.78 is 5.13. The molecule has 2 aromatic rings. The Morgan fingerprint density at radius 1 is 1.55 bits per heavy atom. The first kappa shape index (κ1) is 12.8. The lowest BCUT2D eigenvalue weighted by atomic mass is 10.1. The molecule has 1 aliphatic rings. The van der Waals surface area contributed by atoms with Crippen LogP contribution in [0.4, 0.5) is 0 Å². The van der Waals surface area contributed by atoms with Crippen molar-refractivity contribution in [1.29, 1.82) is 0 Å². The average molecular weight is 271 g/mol. The molecule has 1 fully saturated rings. The van der Waals surface area contributed by atoms with E-state index < -0.39 is 0 Å². The first-order valence-corrected chi connectivity index (χ1v) is 6.85. The maximum atomic E-state index is 12.4. The Kier molecular flexibility index (Phi) is 3.50. The number of hydrogen-bond acceptors (Lipinski definition) is 4. The lowest BCUT2D eigenvalue weighted by molar-refractivity contribution is -0.131. The summed E-state index contributed by atoms with van der Waals surface area (Å²) in [4.78, 5) is 18.5. The standard InChI is InChI=1S/C15H17N3O2/c1-11-8-13(20-17-11)9-15(19)18-7-3-5-14(18)12-4-2-6-16-10-12/h2,4,6,8,10,14H,3,5,7,9H2,1H3. The summed E-state index contributed by atoms with van der Waals surface area (Å²) in [5, 5.41) is 3.82. The van der Waals surface area contributed by atoms with Crippen molar-refractivity contribution >= 4 is 5.91 Å². The van der Waals surface area contributed by atoms with Crippen molar-refractivity contribution in [2.24, 2.45) is 0 Å². The summed E-state index contributed by atoms with van der Waals surface area (Å²) in [6.45, 7) is 2.65. The molecule has 2 aromatic heterocycles. The van der Waals surface area contributed by atoms with E-state index in [2.05, 4.69) is 10.1 Å². The zero-order chi connectivity index (χ0) is 13.9. The van der Waals surface area contributed by atoms with Gasteiger partial charge in [0.1, 0.15) is 5.76 Å². The molecule has 20 heavy (non-hydrogen) atoms. The number of aryl methyl sites for hydroxylation is 1. The molecule has 1 atom stereocenters. The van der Waals surface area contributed by atoms with Crippen LogP contribution in [0.3, 0.4) is 0 Å². The van der Waals surface area contributed by atoms with Gasteiger partial charge in [0, 0.05) is 25.0 Å². The monoisotopic (exact) mass is 271 g/mol. The molecule has 5 heteroatoms. The maximum absolute atomic E-state index is 12.4. The third kappa shape index (κ3) is 2.57. The highest BCUT2D eigenvalue weighted by molar-refractivity contribution is 5.79. The smallest absolute Gasteiger partial charge is 0.230 e. The molecule has 3 heterocycles. The number of nitrogens with zero attached hydrogens (tertiary/aromatic N) is 3. The Labute approximate surface area is 117 Å². The molecule has 0 bridgehead atoms. The molecule has 0 saturated carbocycles. The van der Waals surface area contributed by atoms with E-state index >= 15 is 0 Å². The Bertz CT molecular complexity index is 594. The number of pyridine rings is 1. The normalized spacial score (nSPS) is 18.4. The lowest BCUT2D eigenvalue weighted by Gasteiger charge is -2.24. The Balaban J connectivity index is 1.73. The number of amides is 1. The van der Waals surface area contributed by atoms with Gasteiger partial charge >= 0.3 is 0 Å². The van der Waals surface area contributed by atoms with Crippen molar-refractivity contribution in [1.82, 2.24) is 15.0 Å². The summed E-state index contributed by atoms with van der Waals surface area (Å²) >= 11 is 0. The average Bonchev–Trinajstić information content (AvgIpc) is 3.09. The van der Waals surface area contributed by atoms with Gasteiger partial charge in [-0.3, -0.25) is 9.78 Å². The van der Waals surface area contributed by atoms with Crippen molar-refractivity contribution in [2.75, 3.05) is 6.54 Å². The van der Waals surface area contributed by atoms with E-state index in [9.17, 15) is 4.79 Å². The Morgan fingerprint density at radius 2 is 2.45 bits per heavy atom. The van der Waals surface area contributed by atoms with Crippen LogP contribution in [-0.4, -0.2) is 27.5 Å². The largest absolute Gasteiger partial charge is 0.361 e. The van der Waals surface area contributed by atoms with E-state index in [0.717, 1.165) is 30.6 Å². The summed E-state index contributed by atoms with van der Waals surface area (Å²) in [6.07, 6.45) is 5.89. The van der Waals surface area contributed by atoms with Crippen molar-refractivity contribution in [3.8, 4) is 0 Å². The van der Waals surface area contributed by atoms with Gasteiger partial charge in [-0.25, -0.2) is 0 Å². The Morgan fingerprint density at radius 3 is 3.15 bits per heavy atom. The molecule has 104 valence electrons. The predicted molar refractivity (Wildman–Crippen MR) is 72.9 cm³/mol. The molecular formula is C15H17N3O2. The maximum Gasteiger partial charge on any atom is 0.230 e. The van der Waals surface area contributed by atoms with Crippen molar-refractivity contribution in [3.63, 3.8) is 0 Å². The Hall–Kier alpha value is -2.17.